The lowest BCUT2D eigenvalue weighted by atomic mass is 9.78. The van der Waals surface area contributed by atoms with E-state index in [1.807, 2.05) is 0 Å². The van der Waals surface area contributed by atoms with Gasteiger partial charge in [0.05, 0.1) is 0 Å². The molecule has 0 aromatic rings. The molecule has 0 aromatic heterocycles. The molecule has 1 N–H and O–H groups in total. The molecule has 2 nitrogen and oxygen atoms in total. The van der Waals surface area contributed by atoms with Crippen LogP contribution >= 0.6 is 0 Å². The molecule has 2 aliphatic rings. The fourth-order valence-electron chi connectivity index (χ4n) is 1.86. The number of piperidine rings is 1. The molecule has 1 saturated carbocycles. The van der Waals surface area contributed by atoms with Crippen LogP contribution in [0.5, 0.6) is 0 Å². The van der Waals surface area contributed by atoms with Gasteiger partial charge in [0.2, 0.25) is 0 Å². The highest BCUT2D eigenvalue weighted by molar-refractivity contribution is 5.82. The van der Waals surface area contributed by atoms with E-state index in [0.29, 0.717) is 5.78 Å². The highest BCUT2D eigenvalue weighted by atomic mass is 16.1. The van der Waals surface area contributed by atoms with E-state index < -0.39 is 0 Å². The second kappa shape index (κ2) is 5.64. The van der Waals surface area contributed by atoms with Gasteiger partial charge in [0.25, 0.3) is 0 Å². The van der Waals surface area contributed by atoms with Gasteiger partial charge in [-0.2, -0.15) is 0 Å². The van der Waals surface area contributed by atoms with Crippen molar-refractivity contribution in [1.82, 2.24) is 5.32 Å². The van der Waals surface area contributed by atoms with Gasteiger partial charge in [-0.15, -0.1) is 0 Å². The summed E-state index contributed by atoms with van der Waals surface area (Å²) in [5, 5.41) is 3.24. The summed E-state index contributed by atoms with van der Waals surface area (Å²) in [4.78, 5) is 11.1. The van der Waals surface area contributed by atoms with Crippen LogP contribution in [-0.2, 0) is 4.79 Å². The average molecular weight is 211 g/mol. The molecule has 1 heterocycles. The molecule has 1 aliphatic heterocycles. The summed E-state index contributed by atoms with van der Waals surface area (Å²) in [5.41, 5.74) is -0.0226. The topological polar surface area (TPSA) is 29.1 Å². The number of carbonyl (C=O) groups excluding carboxylic acids is 1. The fourth-order valence-corrected chi connectivity index (χ4v) is 1.86. The maximum atomic E-state index is 11.1. The molecular weight excluding hydrogens is 186 g/mol. The SMILES string of the molecule is CC(=O)C1(C)CCNCC1.CCC1CC1. The van der Waals surface area contributed by atoms with E-state index >= 15 is 0 Å². The van der Waals surface area contributed by atoms with Crippen LogP contribution in [0.15, 0.2) is 0 Å². The van der Waals surface area contributed by atoms with Gasteiger partial charge in [-0.05, 0) is 38.8 Å². The van der Waals surface area contributed by atoms with Crippen LogP contribution in [0, 0.1) is 11.3 Å². The third-order valence-corrected chi connectivity index (χ3v) is 3.83. The van der Waals surface area contributed by atoms with Crippen molar-refractivity contribution in [3.8, 4) is 0 Å². The standard InChI is InChI=1S/C8H15NO.C5H10/c1-7(10)8(2)3-5-9-6-4-8;1-2-5-3-4-5/h9H,3-6H2,1-2H3;5H,2-4H2,1H3. The average Bonchev–Trinajstić information content (AvgIpc) is 3.03. The molecule has 2 heteroatoms. The molecular formula is C13H25NO. The first-order valence-electron chi connectivity index (χ1n) is 6.30. The van der Waals surface area contributed by atoms with Gasteiger partial charge in [0, 0.05) is 5.41 Å². The van der Waals surface area contributed by atoms with Gasteiger partial charge in [-0.1, -0.05) is 33.1 Å². The number of Topliss-reactive ketones (excluding diaryl/α,β-unsaturated/α-hetero) is 1. The number of ketones is 1. The highest BCUT2D eigenvalue weighted by Gasteiger charge is 2.30. The number of carbonyl (C=O) groups is 1. The van der Waals surface area contributed by atoms with Crippen molar-refractivity contribution in [3.63, 3.8) is 0 Å². The molecule has 0 amide bonds. The van der Waals surface area contributed by atoms with Gasteiger partial charge in [-0.3, -0.25) is 4.79 Å². The summed E-state index contributed by atoms with van der Waals surface area (Å²) in [6.07, 6.45) is 6.44. The van der Waals surface area contributed by atoms with Crippen molar-refractivity contribution in [2.75, 3.05) is 13.1 Å². The first kappa shape index (κ1) is 12.7. The summed E-state index contributed by atoms with van der Waals surface area (Å²) in [6.45, 7) is 8.02. The zero-order valence-corrected chi connectivity index (χ0v) is 10.4. The Balaban J connectivity index is 0.000000187. The Morgan fingerprint density at radius 3 is 2.07 bits per heavy atom. The normalized spacial score (nSPS) is 23.9. The fraction of sp³-hybridized carbons (Fsp3) is 0.923. The van der Waals surface area contributed by atoms with Gasteiger partial charge >= 0.3 is 0 Å². The predicted octanol–water partition coefficient (Wildman–Crippen LogP) is 2.77. The summed E-state index contributed by atoms with van der Waals surface area (Å²) < 4.78 is 0. The Bertz CT molecular complexity index is 203. The number of nitrogens with one attached hydrogen (secondary N) is 1. The van der Waals surface area contributed by atoms with Crippen LogP contribution in [0.4, 0.5) is 0 Å². The lowest BCUT2D eigenvalue weighted by Gasteiger charge is -2.31. The zero-order chi connectivity index (χ0) is 11.3. The molecule has 0 unspecified atom stereocenters. The maximum Gasteiger partial charge on any atom is 0.135 e. The molecule has 2 rings (SSSR count). The van der Waals surface area contributed by atoms with Crippen LogP contribution in [0.3, 0.4) is 0 Å². The smallest absolute Gasteiger partial charge is 0.135 e. The molecule has 0 bridgehead atoms. The molecule has 1 aliphatic carbocycles. The van der Waals surface area contributed by atoms with Crippen molar-refractivity contribution in [2.45, 2.75) is 52.9 Å². The van der Waals surface area contributed by atoms with E-state index in [-0.39, 0.29) is 5.41 Å². The van der Waals surface area contributed by atoms with Crippen molar-refractivity contribution in [3.05, 3.63) is 0 Å². The lowest BCUT2D eigenvalue weighted by Crippen LogP contribution is -2.38. The number of rotatable bonds is 2. The van der Waals surface area contributed by atoms with E-state index in [1.54, 1.807) is 6.92 Å². The van der Waals surface area contributed by atoms with Crippen LogP contribution in [0.1, 0.15) is 52.9 Å². The van der Waals surface area contributed by atoms with Crippen molar-refractivity contribution in [1.29, 1.82) is 0 Å². The molecule has 15 heavy (non-hydrogen) atoms. The second-order valence-corrected chi connectivity index (χ2v) is 5.22. The summed E-state index contributed by atoms with van der Waals surface area (Å²) in [5.74, 6) is 1.48. The second-order valence-electron chi connectivity index (χ2n) is 5.22. The quantitative estimate of drug-likeness (QED) is 0.761. The monoisotopic (exact) mass is 211 g/mol. The van der Waals surface area contributed by atoms with E-state index in [4.69, 9.17) is 0 Å². The summed E-state index contributed by atoms with van der Waals surface area (Å²) in [6, 6.07) is 0. The highest BCUT2D eigenvalue weighted by Crippen LogP contribution is 2.31. The van der Waals surface area contributed by atoms with E-state index in [2.05, 4.69) is 19.2 Å². The first-order valence-corrected chi connectivity index (χ1v) is 6.30. The minimum Gasteiger partial charge on any atom is -0.317 e. The minimum atomic E-state index is -0.0226. The van der Waals surface area contributed by atoms with Crippen LogP contribution < -0.4 is 5.32 Å². The molecule has 88 valence electrons. The van der Waals surface area contributed by atoms with Crippen LogP contribution in [-0.4, -0.2) is 18.9 Å². The van der Waals surface area contributed by atoms with Crippen molar-refractivity contribution >= 4 is 5.78 Å². The first-order chi connectivity index (χ1) is 7.08. The molecule has 0 radical (unpaired) electrons. The Kier molecular flexibility index (Phi) is 4.78. The molecule has 2 fully saturated rings. The van der Waals surface area contributed by atoms with E-state index in [1.165, 1.54) is 19.3 Å². The van der Waals surface area contributed by atoms with E-state index in [0.717, 1.165) is 31.8 Å². The Hall–Kier alpha value is -0.370. The Morgan fingerprint density at radius 2 is 1.87 bits per heavy atom. The minimum absolute atomic E-state index is 0.0226. The molecule has 0 aromatic carbocycles. The molecule has 0 atom stereocenters. The summed E-state index contributed by atoms with van der Waals surface area (Å²) >= 11 is 0. The number of hydrogen-bond donors (Lipinski definition) is 1. The van der Waals surface area contributed by atoms with Gasteiger partial charge in [-0.25, -0.2) is 0 Å². The molecule has 0 spiro atoms. The zero-order valence-electron chi connectivity index (χ0n) is 10.4. The van der Waals surface area contributed by atoms with Gasteiger partial charge in [0.15, 0.2) is 0 Å². The predicted molar refractivity (Wildman–Crippen MR) is 63.9 cm³/mol. The maximum absolute atomic E-state index is 11.1. The number of hydrogen-bond acceptors (Lipinski definition) is 2. The van der Waals surface area contributed by atoms with Crippen LogP contribution in [0.25, 0.3) is 0 Å². The van der Waals surface area contributed by atoms with Crippen molar-refractivity contribution < 1.29 is 4.79 Å². The summed E-state index contributed by atoms with van der Waals surface area (Å²) in [7, 11) is 0. The Morgan fingerprint density at radius 1 is 1.33 bits per heavy atom. The third-order valence-electron chi connectivity index (χ3n) is 3.83. The van der Waals surface area contributed by atoms with Crippen molar-refractivity contribution in [2.24, 2.45) is 11.3 Å². The third kappa shape index (κ3) is 4.33. The Labute approximate surface area is 93.8 Å². The largest absolute Gasteiger partial charge is 0.317 e. The lowest BCUT2D eigenvalue weighted by molar-refractivity contribution is -0.126. The van der Waals surface area contributed by atoms with Gasteiger partial charge in [0.1, 0.15) is 5.78 Å². The van der Waals surface area contributed by atoms with Crippen LogP contribution in [0.2, 0.25) is 0 Å². The molecule has 1 saturated heterocycles. The van der Waals surface area contributed by atoms with Gasteiger partial charge < -0.3 is 5.32 Å². The van der Waals surface area contributed by atoms with E-state index in [9.17, 15) is 4.79 Å².